The molecule has 0 saturated heterocycles. The van der Waals surface area contributed by atoms with Crippen molar-refractivity contribution in [3.8, 4) is 0 Å². The topological polar surface area (TPSA) is 160 Å². The Kier molecular flexibility index (Phi) is 15.3. The maximum Gasteiger partial charge on any atom is 0.426 e. The molecule has 5 aliphatic rings. The zero-order valence-electron chi connectivity index (χ0n) is 36.4. The van der Waals surface area contributed by atoms with E-state index < -0.39 is 125 Å². The van der Waals surface area contributed by atoms with Gasteiger partial charge in [-0.1, -0.05) is 19.8 Å². The SMILES string of the molecule is CCC(C)(CCCC(C)(CCCC(C)(C)C(=O)OCCO)C(=O)OC12CC3CC(CC(O)(C3)C1)C2)C(=O)OC1CC(C(O)(C(F)(F)F)C(F)(F)F)CC(C(O)(C(F)(F)F)C(F)(F)F)C1. The first-order chi connectivity index (χ1) is 28.9. The van der Waals surface area contributed by atoms with Crippen LogP contribution in [-0.4, -0.2) is 105 Å². The molecule has 6 atom stereocenters. The third-order valence-corrected chi connectivity index (χ3v) is 14.8. The predicted molar refractivity (Wildman–Crippen MR) is 199 cm³/mol. The van der Waals surface area contributed by atoms with Crippen LogP contribution in [0.4, 0.5) is 52.7 Å². The Morgan fingerprint density at radius 1 is 0.609 bits per heavy atom. The van der Waals surface area contributed by atoms with Crippen molar-refractivity contribution in [3.05, 3.63) is 0 Å². The molecule has 0 aromatic heterocycles. The first kappa shape index (κ1) is 54.0. The lowest BCUT2D eigenvalue weighted by Crippen LogP contribution is -2.67. The van der Waals surface area contributed by atoms with Crippen LogP contribution in [0, 0.1) is 39.9 Å². The van der Waals surface area contributed by atoms with Gasteiger partial charge in [0.2, 0.25) is 0 Å². The van der Waals surface area contributed by atoms with Crippen molar-refractivity contribution in [2.24, 2.45) is 39.9 Å². The average Bonchev–Trinajstić information content (AvgIpc) is 3.12. The van der Waals surface area contributed by atoms with Crippen molar-refractivity contribution >= 4 is 17.9 Å². The van der Waals surface area contributed by atoms with E-state index in [4.69, 9.17) is 19.3 Å². The lowest BCUT2D eigenvalue weighted by molar-refractivity contribution is -0.405. The number of esters is 3. The summed E-state index contributed by atoms with van der Waals surface area (Å²) in [5, 5.41) is 40.6. The number of alkyl halides is 12. The van der Waals surface area contributed by atoms with Crippen molar-refractivity contribution in [1.29, 1.82) is 0 Å². The lowest BCUT2D eigenvalue weighted by Gasteiger charge is -2.59. The molecule has 22 heteroatoms. The van der Waals surface area contributed by atoms with Crippen molar-refractivity contribution in [2.75, 3.05) is 13.2 Å². The van der Waals surface area contributed by atoms with Gasteiger partial charge in [0.15, 0.2) is 0 Å². The Labute approximate surface area is 363 Å². The number of hydrogen-bond donors (Lipinski definition) is 4. The molecule has 0 aromatic rings. The van der Waals surface area contributed by atoms with Crippen LogP contribution in [0.2, 0.25) is 0 Å². The van der Waals surface area contributed by atoms with Crippen molar-refractivity contribution < 1.29 is 102 Å². The number of ether oxygens (including phenoxy) is 3. The molecule has 10 nitrogen and oxygen atoms in total. The molecule has 4 N–H and O–H groups in total. The monoisotopic (exact) mass is 952 g/mol. The average molecular weight is 953 g/mol. The summed E-state index contributed by atoms with van der Waals surface area (Å²) in [6.45, 7) is 6.81. The van der Waals surface area contributed by atoms with E-state index >= 15 is 0 Å². The highest BCUT2D eigenvalue weighted by Crippen LogP contribution is 2.61. The summed E-state index contributed by atoms with van der Waals surface area (Å²) in [7, 11) is 0. The normalized spacial score (nSPS) is 30.0. The summed E-state index contributed by atoms with van der Waals surface area (Å²) in [6, 6.07) is 0. The Balaban J connectivity index is 1.59. The smallest absolute Gasteiger partial charge is 0.426 e. The molecule has 6 unspecified atom stereocenters. The minimum atomic E-state index is -6.69. The van der Waals surface area contributed by atoms with Gasteiger partial charge in [0.1, 0.15) is 18.3 Å². The Hall–Kier alpha value is -2.59. The molecule has 372 valence electrons. The van der Waals surface area contributed by atoms with Crippen LogP contribution < -0.4 is 0 Å². The number of rotatable bonds is 18. The minimum absolute atomic E-state index is 0.0285. The number of hydrogen-bond acceptors (Lipinski definition) is 10. The van der Waals surface area contributed by atoms with Crippen molar-refractivity contribution in [3.63, 3.8) is 0 Å². The molecular formula is C42H60F12O10. The van der Waals surface area contributed by atoms with Gasteiger partial charge in [-0.15, -0.1) is 0 Å². The van der Waals surface area contributed by atoms with E-state index in [1.165, 1.54) is 13.8 Å². The van der Waals surface area contributed by atoms with E-state index in [0.717, 1.165) is 6.42 Å². The summed E-state index contributed by atoms with van der Waals surface area (Å²) in [5.41, 5.74) is -17.8. The maximum atomic E-state index is 14.3. The molecule has 0 aromatic carbocycles. The predicted octanol–water partition coefficient (Wildman–Crippen LogP) is 8.98. The summed E-state index contributed by atoms with van der Waals surface area (Å²) >= 11 is 0. The van der Waals surface area contributed by atoms with Crippen LogP contribution in [-0.2, 0) is 28.6 Å². The molecule has 0 aliphatic heterocycles. The van der Waals surface area contributed by atoms with Gasteiger partial charge in [-0.3, -0.25) is 14.4 Å². The van der Waals surface area contributed by atoms with Gasteiger partial charge < -0.3 is 34.6 Å². The summed E-state index contributed by atoms with van der Waals surface area (Å²) in [5.74, 6) is -9.40. The summed E-state index contributed by atoms with van der Waals surface area (Å²) in [6.07, 6.45) is -31.5. The fourth-order valence-corrected chi connectivity index (χ4v) is 11.1. The van der Waals surface area contributed by atoms with Crippen LogP contribution in [0.5, 0.6) is 0 Å². The Morgan fingerprint density at radius 3 is 1.45 bits per heavy atom. The first-order valence-electron chi connectivity index (χ1n) is 21.5. The summed E-state index contributed by atoms with van der Waals surface area (Å²) < 4.78 is 184. The van der Waals surface area contributed by atoms with E-state index in [1.54, 1.807) is 20.8 Å². The van der Waals surface area contributed by atoms with Crippen molar-refractivity contribution in [1.82, 2.24) is 0 Å². The first-order valence-corrected chi connectivity index (χ1v) is 21.5. The van der Waals surface area contributed by atoms with Gasteiger partial charge in [-0.25, -0.2) is 0 Å². The van der Waals surface area contributed by atoms with Crippen molar-refractivity contribution in [2.45, 2.75) is 191 Å². The summed E-state index contributed by atoms with van der Waals surface area (Å²) in [4.78, 5) is 40.8. The van der Waals surface area contributed by atoms with E-state index in [1.807, 2.05) is 0 Å². The molecule has 0 radical (unpaired) electrons. The maximum absolute atomic E-state index is 14.3. The fourth-order valence-electron chi connectivity index (χ4n) is 11.1. The largest absolute Gasteiger partial charge is 0.463 e. The van der Waals surface area contributed by atoms with E-state index in [0.29, 0.717) is 25.7 Å². The van der Waals surface area contributed by atoms with Gasteiger partial charge in [0.05, 0.1) is 28.5 Å². The molecule has 0 amide bonds. The van der Waals surface area contributed by atoms with Crippen LogP contribution in [0.1, 0.15) is 137 Å². The van der Waals surface area contributed by atoms with Crippen LogP contribution in [0.25, 0.3) is 0 Å². The second-order valence-electron chi connectivity index (χ2n) is 20.3. The van der Waals surface area contributed by atoms with Gasteiger partial charge in [-0.2, -0.15) is 52.7 Å². The second-order valence-corrected chi connectivity index (χ2v) is 20.3. The number of halogens is 12. The third kappa shape index (κ3) is 10.7. The molecule has 5 saturated carbocycles. The molecular weight excluding hydrogens is 892 g/mol. The third-order valence-electron chi connectivity index (χ3n) is 14.8. The Morgan fingerprint density at radius 2 is 1.05 bits per heavy atom. The molecule has 0 spiro atoms. The number of carbonyl (C=O) groups excluding carboxylic acids is 3. The van der Waals surface area contributed by atoms with Gasteiger partial charge in [0.25, 0.3) is 11.2 Å². The van der Waals surface area contributed by atoms with Gasteiger partial charge in [0, 0.05) is 18.3 Å². The second kappa shape index (κ2) is 18.1. The molecule has 5 fully saturated rings. The highest BCUT2D eigenvalue weighted by Gasteiger charge is 2.78. The quantitative estimate of drug-likeness (QED) is 0.0594. The minimum Gasteiger partial charge on any atom is -0.463 e. The number of carbonyl (C=O) groups is 3. The zero-order chi connectivity index (χ0) is 49.0. The van der Waals surface area contributed by atoms with E-state index in [-0.39, 0.29) is 69.8 Å². The van der Waals surface area contributed by atoms with E-state index in [9.17, 15) is 82.4 Å². The highest BCUT2D eigenvalue weighted by atomic mass is 19.4. The molecule has 64 heavy (non-hydrogen) atoms. The fraction of sp³-hybridized carbons (Fsp3) is 0.929. The Bertz CT molecular complexity index is 1590. The number of aliphatic hydroxyl groups excluding tert-OH is 1. The van der Waals surface area contributed by atoms with Gasteiger partial charge in [-0.05, 0) is 123 Å². The lowest BCUT2D eigenvalue weighted by atomic mass is 9.52. The van der Waals surface area contributed by atoms with Crippen LogP contribution in [0.15, 0.2) is 0 Å². The van der Waals surface area contributed by atoms with Crippen LogP contribution in [0.3, 0.4) is 0 Å². The molecule has 0 heterocycles. The van der Waals surface area contributed by atoms with E-state index in [2.05, 4.69) is 0 Å². The molecule has 5 aliphatic carbocycles. The van der Waals surface area contributed by atoms with Gasteiger partial charge >= 0.3 is 42.6 Å². The molecule has 5 rings (SSSR count). The van der Waals surface area contributed by atoms with Crippen LogP contribution >= 0.6 is 0 Å². The molecule has 4 bridgehead atoms. The highest BCUT2D eigenvalue weighted by molar-refractivity contribution is 5.78. The number of aliphatic hydroxyl groups is 4. The standard InChI is InChI=1S/C42H60F12O10/c1-6-33(4,30(57)63-28-17-26(37(60,39(43,44)45)40(46,47)48)16-27(18-28)38(61,41(49,50)51)42(52,53)54)10-8-12-34(5,11-7-9-32(2,3)29(56)62-14-13-55)31(58)64-36-21-24-15-25(22-36)20-35(59,19-24)23-36/h24-28,55,59-61H,6-23H2,1-5H3. The zero-order valence-corrected chi connectivity index (χ0v) is 36.4.